The number of carbonyl (C=O) groups excluding carboxylic acids is 1. The average molecular weight is 288 g/mol. The monoisotopic (exact) mass is 288 g/mol. The van der Waals surface area contributed by atoms with E-state index in [0.29, 0.717) is 11.5 Å². The van der Waals surface area contributed by atoms with Crippen molar-refractivity contribution in [3.8, 4) is 0 Å². The summed E-state index contributed by atoms with van der Waals surface area (Å²) in [6.45, 7) is 7.20. The molecule has 1 fully saturated rings. The molecule has 116 valence electrons. The molecule has 1 saturated carbocycles. The summed E-state index contributed by atoms with van der Waals surface area (Å²) in [7, 11) is 0. The van der Waals surface area contributed by atoms with Crippen LogP contribution in [0.3, 0.4) is 0 Å². The van der Waals surface area contributed by atoms with Crippen molar-refractivity contribution < 1.29 is 4.79 Å². The van der Waals surface area contributed by atoms with Gasteiger partial charge in [-0.05, 0) is 42.9 Å². The fraction of sp³-hybridized carbons (Fsp3) is 0.611. The Bertz CT molecular complexity index is 478. The van der Waals surface area contributed by atoms with Crippen LogP contribution in [0.2, 0.25) is 0 Å². The number of rotatable bonds is 5. The average Bonchev–Trinajstić information content (AvgIpc) is 2.45. The van der Waals surface area contributed by atoms with Crippen molar-refractivity contribution in [2.45, 2.75) is 58.9 Å². The predicted octanol–water partition coefficient (Wildman–Crippen LogP) is 4.27. The molecule has 2 rings (SSSR count). The maximum Gasteiger partial charge on any atom is 0.221 e. The number of carbonyl (C=O) groups is 1. The van der Waals surface area contributed by atoms with E-state index in [4.69, 9.17) is 0 Å². The molecule has 0 aromatic heterocycles. The molecule has 3 nitrogen and oxygen atoms in total. The largest absolute Gasteiger partial charge is 0.326 e. The van der Waals surface area contributed by atoms with E-state index in [0.717, 1.165) is 12.2 Å². The van der Waals surface area contributed by atoms with Crippen molar-refractivity contribution in [3.63, 3.8) is 0 Å². The summed E-state index contributed by atoms with van der Waals surface area (Å²) in [5, 5.41) is 6.52. The lowest BCUT2D eigenvalue weighted by atomic mass is 9.75. The Morgan fingerprint density at radius 1 is 1.29 bits per heavy atom. The third-order valence-corrected chi connectivity index (χ3v) is 4.60. The first-order chi connectivity index (χ1) is 9.98. The second-order valence-electron chi connectivity index (χ2n) is 6.78. The van der Waals surface area contributed by atoms with Crippen molar-refractivity contribution in [2.75, 3.05) is 11.9 Å². The van der Waals surface area contributed by atoms with E-state index >= 15 is 0 Å². The molecule has 0 aliphatic heterocycles. The SMILES string of the molecule is CC(=O)Nc1cccc(C(C)NCC2(C)CCCCC2)c1. The van der Waals surface area contributed by atoms with E-state index in [1.54, 1.807) is 0 Å². The van der Waals surface area contributed by atoms with Gasteiger partial charge in [-0.1, -0.05) is 38.3 Å². The van der Waals surface area contributed by atoms with Crippen LogP contribution in [0, 0.1) is 5.41 Å². The maximum absolute atomic E-state index is 11.1. The Morgan fingerprint density at radius 2 is 2.00 bits per heavy atom. The molecule has 1 aliphatic rings. The predicted molar refractivity (Wildman–Crippen MR) is 88.4 cm³/mol. The molecule has 3 heteroatoms. The molecule has 1 aromatic carbocycles. The number of nitrogens with one attached hydrogen (secondary N) is 2. The van der Waals surface area contributed by atoms with Gasteiger partial charge in [-0.25, -0.2) is 0 Å². The van der Waals surface area contributed by atoms with Crippen LogP contribution in [0.5, 0.6) is 0 Å². The Hall–Kier alpha value is -1.35. The summed E-state index contributed by atoms with van der Waals surface area (Å²) in [5.74, 6) is -0.0255. The third-order valence-electron chi connectivity index (χ3n) is 4.60. The van der Waals surface area contributed by atoms with Crippen LogP contribution in [0.15, 0.2) is 24.3 Å². The summed E-state index contributed by atoms with van der Waals surface area (Å²) in [6.07, 6.45) is 6.79. The molecule has 1 unspecified atom stereocenters. The van der Waals surface area contributed by atoms with Crippen LogP contribution in [0.1, 0.15) is 64.5 Å². The second kappa shape index (κ2) is 7.08. The number of hydrogen-bond acceptors (Lipinski definition) is 2. The van der Waals surface area contributed by atoms with Crippen LogP contribution in [-0.2, 0) is 4.79 Å². The van der Waals surface area contributed by atoms with Crippen LogP contribution in [0.25, 0.3) is 0 Å². The lowest BCUT2D eigenvalue weighted by Crippen LogP contribution is -2.35. The van der Waals surface area contributed by atoms with Crippen LogP contribution >= 0.6 is 0 Å². The lowest BCUT2D eigenvalue weighted by Gasteiger charge is -2.35. The Morgan fingerprint density at radius 3 is 2.67 bits per heavy atom. The highest BCUT2D eigenvalue weighted by molar-refractivity contribution is 5.88. The van der Waals surface area contributed by atoms with Gasteiger partial charge >= 0.3 is 0 Å². The summed E-state index contributed by atoms with van der Waals surface area (Å²) in [6, 6.07) is 8.41. The molecule has 1 amide bonds. The highest BCUT2D eigenvalue weighted by atomic mass is 16.1. The first-order valence-electron chi connectivity index (χ1n) is 8.09. The molecule has 1 aromatic rings. The summed E-state index contributed by atoms with van der Waals surface area (Å²) in [5.41, 5.74) is 2.54. The molecule has 0 heterocycles. The molecule has 0 spiro atoms. The van der Waals surface area contributed by atoms with E-state index in [1.165, 1.54) is 44.6 Å². The summed E-state index contributed by atoms with van der Waals surface area (Å²) < 4.78 is 0. The standard InChI is InChI=1S/C18H28N2O/c1-14(19-13-18(3)10-5-4-6-11-18)16-8-7-9-17(12-16)20-15(2)21/h7-9,12,14,19H,4-6,10-11,13H2,1-3H3,(H,20,21). The topological polar surface area (TPSA) is 41.1 Å². The molecule has 0 radical (unpaired) electrons. The van der Waals surface area contributed by atoms with E-state index in [2.05, 4.69) is 36.6 Å². The van der Waals surface area contributed by atoms with Gasteiger partial charge in [-0.3, -0.25) is 4.79 Å². The highest BCUT2D eigenvalue weighted by Crippen LogP contribution is 2.35. The first-order valence-corrected chi connectivity index (χ1v) is 8.09. The Kier molecular flexibility index (Phi) is 5.40. The molecule has 1 atom stereocenters. The number of benzene rings is 1. The molecular weight excluding hydrogens is 260 g/mol. The van der Waals surface area contributed by atoms with Crippen molar-refractivity contribution in [2.24, 2.45) is 5.41 Å². The van der Waals surface area contributed by atoms with E-state index in [9.17, 15) is 4.79 Å². The number of hydrogen-bond donors (Lipinski definition) is 2. The molecule has 0 bridgehead atoms. The first kappa shape index (κ1) is 16.0. The number of amides is 1. The van der Waals surface area contributed by atoms with Crippen molar-refractivity contribution in [3.05, 3.63) is 29.8 Å². The maximum atomic E-state index is 11.1. The Balaban J connectivity index is 1.93. The molecular formula is C18H28N2O. The van der Waals surface area contributed by atoms with E-state index in [-0.39, 0.29) is 5.91 Å². The molecule has 21 heavy (non-hydrogen) atoms. The van der Waals surface area contributed by atoms with Crippen LogP contribution < -0.4 is 10.6 Å². The van der Waals surface area contributed by atoms with Crippen LogP contribution in [0.4, 0.5) is 5.69 Å². The van der Waals surface area contributed by atoms with Gasteiger partial charge in [0.05, 0.1) is 0 Å². The quantitative estimate of drug-likeness (QED) is 0.849. The van der Waals surface area contributed by atoms with Gasteiger partial charge in [-0.15, -0.1) is 0 Å². The highest BCUT2D eigenvalue weighted by Gasteiger charge is 2.26. The van der Waals surface area contributed by atoms with E-state index < -0.39 is 0 Å². The number of anilines is 1. The minimum absolute atomic E-state index is 0.0255. The lowest BCUT2D eigenvalue weighted by molar-refractivity contribution is -0.114. The molecule has 2 N–H and O–H groups in total. The minimum atomic E-state index is -0.0255. The smallest absolute Gasteiger partial charge is 0.221 e. The fourth-order valence-corrected chi connectivity index (χ4v) is 3.19. The van der Waals surface area contributed by atoms with Gasteiger partial charge in [-0.2, -0.15) is 0 Å². The summed E-state index contributed by atoms with van der Waals surface area (Å²) in [4.78, 5) is 11.1. The van der Waals surface area contributed by atoms with Crippen molar-refractivity contribution in [1.29, 1.82) is 0 Å². The zero-order valence-corrected chi connectivity index (χ0v) is 13.5. The van der Waals surface area contributed by atoms with Crippen molar-refractivity contribution in [1.82, 2.24) is 5.32 Å². The zero-order valence-electron chi connectivity index (χ0n) is 13.5. The second-order valence-corrected chi connectivity index (χ2v) is 6.78. The van der Waals surface area contributed by atoms with Crippen molar-refractivity contribution >= 4 is 11.6 Å². The third kappa shape index (κ3) is 4.85. The molecule has 1 aliphatic carbocycles. The van der Waals surface area contributed by atoms with Gasteiger partial charge in [0, 0.05) is 25.2 Å². The zero-order chi connectivity index (χ0) is 15.3. The van der Waals surface area contributed by atoms with Gasteiger partial charge in [0.1, 0.15) is 0 Å². The van der Waals surface area contributed by atoms with Crippen LogP contribution in [-0.4, -0.2) is 12.5 Å². The normalized spacial score (nSPS) is 19.0. The van der Waals surface area contributed by atoms with Gasteiger partial charge in [0.25, 0.3) is 0 Å². The fourth-order valence-electron chi connectivity index (χ4n) is 3.19. The summed E-state index contributed by atoms with van der Waals surface area (Å²) >= 11 is 0. The molecule has 0 saturated heterocycles. The van der Waals surface area contributed by atoms with Gasteiger partial charge in [0.15, 0.2) is 0 Å². The van der Waals surface area contributed by atoms with Gasteiger partial charge in [0.2, 0.25) is 5.91 Å². The van der Waals surface area contributed by atoms with Gasteiger partial charge < -0.3 is 10.6 Å². The minimum Gasteiger partial charge on any atom is -0.326 e. The Labute approximate surface area is 128 Å². The van der Waals surface area contributed by atoms with E-state index in [1.807, 2.05) is 12.1 Å².